The average molecular weight is 518 g/mol. The summed E-state index contributed by atoms with van der Waals surface area (Å²) in [5, 5.41) is 17.0. The van der Waals surface area contributed by atoms with Gasteiger partial charge in [0.05, 0.1) is 0 Å². The van der Waals surface area contributed by atoms with Gasteiger partial charge >= 0.3 is 11.9 Å². The molecule has 11 nitrogen and oxygen atoms in total. The first-order valence-electron chi connectivity index (χ1n) is 7.51. The lowest BCUT2D eigenvalue weighted by Gasteiger charge is -2.13. The fourth-order valence-corrected chi connectivity index (χ4v) is 1.47. The van der Waals surface area contributed by atoms with Crippen LogP contribution < -0.4 is 0 Å². The minimum atomic E-state index is -0.824. The second-order valence-electron chi connectivity index (χ2n) is 5.16. The van der Waals surface area contributed by atoms with Gasteiger partial charge in [-0.3, -0.25) is 29.2 Å². The predicted octanol–water partition coefficient (Wildman–Crippen LogP) is 0.756. The molecule has 152 valence electrons. The summed E-state index contributed by atoms with van der Waals surface area (Å²) in [6.45, 7) is 3.11. The highest BCUT2D eigenvalue weighted by molar-refractivity contribution is 9.10. The Bertz CT molecular complexity index is 590. The highest BCUT2D eigenvalue weighted by atomic mass is 79.9. The highest BCUT2D eigenvalue weighted by Crippen LogP contribution is 2.13. The SMILES string of the molecule is CC(Br)C(=O)O.CC(Br)C(=O)ON1C(=O)CCC1=O.O=C1CCC(=O)N1O. The number of hydroxylamine groups is 4. The number of alkyl halides is 2. The fraction of sp³-hybridized carbons (Fsp3) is 0.571. The number of carboxylic acids is 1. The molecule has 2 rings (SSSR count). The normalized spacial score (nSPS) is 18.3. The van der Waals surface area contributed by atoms with Gasteiger partial charge in [0.1, 0.15) is 9.65 Å². The van der Waals surface area contributed by atoms with Crippen molar-refractivity contribution in [1.29, 1.82) is 0 Å². The van der Waals surface area contributed by atoms with E-state index in [1.54, 1.807) is 13.8 Å². The summed E-state index contributed by atoms with van der Waals surface area (Å²) in [4.78, 5) is 66.6. The van der Waals surface area contributed by atoms with Gasteiger partial charge in [-0.15, -0.1) is 5.06 Å². The summed E-state index contributed by atoms with van der Waals surface area (Å²) in [6.07, 6.45) is 0.524. The van der Waals surface area contributed by atoms with Crippen molar-refractivity contribution in [2.75, 3.05) is 0 Å². The van der Waals surface area contributed by atoms with E-state index in [-0.39, 0.29) is 30.7 Å². The van der Waals surface area contributed by atoms with Crippen LogP contribution in [0.5, 0.6) is 0 Å². The van der Waals surface area contributed by atoms with Crippen molar-refractivity contribution in [2.45, 2.75) is 49.2 Å². The minimum absolute atomic E-state index is 0.114. The third-order valence-corrected chi connectivity index (χ3v) is 3.64. The van der Waals surface area contributed by atoms with Gasteiger partial charge in [-0.05, 0) is 13.8 Å². The molecule has 2 heterocycles. The van der Waals surface area contributed by atoms with Gasteiger partial charge in [-0.25, -0.2) is 4.79 Å². The number of carbonyl (C=O) groups excluding carboxylic acids is 5. The van der Waals surface area contributed by atoms with Gasteiger partial charge in [0.25, 0.3) is 23.6 Å². The number of carboxylic acid groups (broad SMARTS) is 1. The minimum Gasteiger partial charge on any atom is -0.480 e. The molecule has 0 aromatic carbocycles. The second kappa shape index (κ2) is 11.8. The number of amides is 4. The van der Waals surface area contributed by atoms with E-state index in [0.29, 0.717) is 5.06 Å². The second-order valence-corrected chi connectivity index (χ2v) is 7.91. The quantitative estimate of drug-likeness (QED) is 0.313. The third kappa shape index (κ3) is 9.06. The molecule has 2 atom stereocenters. The van der Waals surface area contributed by atoms with E-state index >= 15 is 0 Å². The topological polar surface area (TPSA) is 159 Å². The first-order valence-corrected chi connectivity index (χ1v) is 9.34. The molecule has 2 aliphatic heterocycles. The number of hydrogen-bond acceptors (Lipinski definition) is 8. The molecule has 0 aliphatic carbocycles. The molecule has 27 heavy (non-hydrogen) atoms. The van der Waals surface area contributed by atoms with Crippen LogP contribution in [-0.2, 0) is 33.6 Å². The summed E-state index contributed by atoms with van der Waals surface area (Å²) in [7, 11) is 0. The first kappa shape index (κ1) is 25.1. The van der Waals surface area contributed by atoms with Gasteiger partial charge in [-0.2, -0.15) is 5.06 Å². The Kier molecular flexibility index (Phi) is 11.0. The number of nitrogens with zero attached hydrogens (tertiary/aromatic N) is 2. The fourth-order valence-electron chi connectivity index (χ4n) is 1.39. The van der Waals surface area contributed by atoms with E-state index in [1.165, 1.54) is 0 Å². The number of halogens is 2. The lowest BCUT2D eigenvalue weighted by molar-refractivity contribution is -0.196. The molecule has 0 radical (unpaired) electrons. The summed E-state index contributed by atoms with van der Waals surface area (Å²) in [5.41, 5.74) is 0. The monoisotopic (exact) mass is 516 g/mol. The van der Waals surface area contributed by atoms with E-state index in [0.717, 1.165) is 0 Å². The van der Waals surface area contributed by atoms with Gasteiger partial charge in [-0.1, -0.05) is 31.9 Å². The molecule has 4 amide bonds. The Morgan fingerprint density at radius 3 is 1.44 bits per heavy atom. The Hall–Kier alpha value is -1.86. The number of hydrogen-bond donors (Lipinski definition) is 2. The predicted molar refractivity (Wildman–Crippen MR) is 94.5 cm³/mol. The largest absolute Gasteiger partial charge is 0.480 e. The number of aliphatic carboxylic acids is 1. The Morgan fingerprint density at radius 1 is 0.889 bits per heavy atom. The van der Waals surface area contributed by atoms with Crippen molar-refractivity contribution in [1.82, 2.24) is 10.1 Å². The van der Waals surface area contributed by atoms with Crippen molar-refractivity contribution < 1.29 is 43.9 Å². The zero-order chi connectivity index (χ0) is 21.3. The highest BCUT2D eigenvalue weighted by Gasteiger charge is 2.33. The van der Waals surface area contributed by atoms with Crippen LogP contribution >= 0.6 is 31.9 Å². The molecule has 2 saturated heterocycles. The van der Waals surface area contributed by atoms with Gasteiger partial charge in [0.15, 0.2) is 0 Å². The molecular formula is C14H18Br2N2O9. The molecule has 2 fully saturated rings. The van der Waals surface area contributed by atoms with E-state index in [2.05, 4.69) is 36.7 Å². The molecule has 2 N–H and O–H groups in total. The van der Waals surface area contributed by atoms with Gasteiger partial charge < -0.3 is 9.94 Å². The van der Waals surface area contributed by atoms with Crippen LogP contribution in [0, 0.1) is 0 Å². The number of rotatable bonds is 3. The molecule has 0 bridgehead atoms. The molecular weight excluding hydrogens is 500 g/mol. The third-order valence-electron chi connectivity index (χ3n) is 2.88. The van der Waals surface area contributed by atoms with Crippen LogP contribution in [0.4, 0.5) is 0 Å². The molecule has 2 aliphatic rings. The molecule has 0 aromatic heterocycles. The Labute approximate surface area is 170 Å². The van der Waals surface area contributed by atoms with Crippen molar-refractivity contribution in [3.63, 3.8) is 0 Å². The zero-order valence-corrected chi connectivity index (χ0v) is 17.6. The number of imide groups is 2. The first-order chi connectivity index (χ1) is 12.4. The van der Waals surface area contributed by atoms with E-state index in [1.807, 2.05) is 0 Å². The zero-order valence-electron chi connectivity index (χ0n) is 14.4. The Balaban J connectivity index is 0.000000413. The van der Waals surface area contributed by atoms with Gasteiger partial charge in [0.2, 0.25) is 0 Å². The van der Waals surface area contributed by atoms with Crippen LogP contribution in [0.3, 0.4) is 0 Å². The van der Waals surface area contributed by atoms with Crippen LogP contribution in [0.15, 0.2) is 0 Å². The van der Waals surface area contributed by atoms with Crippen molar-refractivity contribution in [3.8, 4) is 0 Å². The van der Waals surface area contributed by atoms with Crippen molar-refractivity contribution in [2.24, 2.45) is 0 Å². The smallest absolute Gasteiger partial charge is 0.346 e. The van der Waals surface area contributed by atoms with Crippen molar-refractivity contribution in [3.05, 3.63) is 0 Å². The van der Waals surface area contributed by atoms with Crippen molar-refractivity contribution >= 4 is 67.4 Å². The maximum atomic E-state index is 11.0. The Morgan fingerprint density at radius 2 is 1.22 bits per heavy atom. The lowest BCUT2D eigenvalue weighted by atomic mass is 10.4. The summed E-state index contributed by atoms with van der Waals surface area (Å²) >= 11 is 5.80. The maximum Gasteiger partial charge on any atom is 0.346 e. The molecule has 13 heteroatoms. The van der Waals surface area contributed by atoms with E-state index < -0.39 is 45.2 Å². The van der Waals surface area contributed by atoms with Crippen LogP contribution in [0.25, 0.3) is 0 Å². The van der Waals surface area contributed by atoms with E-state index in [4.69, 9.17) is 10.3 Å². The summed E-state index contributed by atoms with van der Waals surface area (Å²) < 4.78 is 0. The molecule has 0 spiro atoms. The standard InChI is InChI=1S/C7H8BrNO4.C4H5NO3.C3H5BrO2/c1-4(8)7(12)13-9-5(10)2-3-6(9)11;6-3-1-2-4(7)5(3)8;1-2(4)3(5)6/h4H,2-3H2,1H3;8H,1-2H2;2H,1H3,(H,5,6). The lowest BCUT2D eigenvalue weighted by Crippen LogP contribution is -2.34. The van der Waals surface area contributed by atoms with Crippen LogP contribution in [0.2, 0.25) is 0 Å². The maximum absolute atomic E-state index is 11.0. The average Bonchev–Trinajstić information content (AvgIpc) is 3.05. The summed E-state index contributed by atoms with van der Waals surface area (Å²) in [5.74, 6) is -3.42. The van der Waals surface area contributed by atoms with E-state index in [9.17, 15) is 28.8 Å². The molecule has 0 saturated carbocycles. The van der Waals surface area contributed by atoms with Crippen LogP contribution in [0.1, 0.15) is 39.5 Å². The molecule has 0 aromatic rings. The van der Waals surface area contributed by atoms with Gasteiger partial charge in [0, 0.05) is 25.7 Å². The number of carbonyl (C=O) groups is 6. The molecule has 2 unspecified atom stereocenters. The summed E-state index contributed by atoms with van der Waals surface area (Å²) in [6, 6.07) is 0. The van der Waals surface area contributed by atoms with Crippen LogP contribution in [-0.4, -0.2) is 65.7 Å².